The lowest BCUT2D eigenvalue weighted by molar-refractivity contribution is -0.143. The SMILES string of the molecule is C=C[C@H](C)[C@@H](NC(=O)c1ccncc1)C(=O)OC. The molecule has 2 atom stereocenters. The van der Waals surface area contributed by atoms with E-state index >= 15 is 0 Å². The Bertz CT molecular complexity index is 431. The van der Waals surface area contributed by atoms with Gasteiger partial charge in [0, 0.05) is 23.9 Å². The summed E-state index contributed by atoms with van der Waals surface area (Å²) in [5, 5.41) is 2.62. The van der Waals surface area contributed by atoms with Gasteiger partial charge in [-0.25, -0.2) is 4.79 Å². The number of aromatic nitrogens is 1. The number of carbonyl (C=O) groups is 2. The van der Waals surface area contributed by atoms with Crippen molar-refractivity contribution in [3.05, 3.63) is 42.7 Å². The van der Waals surface area contributed by atoms with Gasteiger partial charge in [-0.2, -0.15) is 0 Å². The number of nitrogens with one attached hydrogen (secondary N) is 1. The Hall–Kier alpha value is -2.17. The van der Waals surface area contributed by atoms with Crippen LogP contribution >= 0.6 is 0 Å². The van der Waals surface area contributed by atoms with Crippen LogP contribution in [0.15, 0.2) is 37.2 Å². The Morgan fingerprint density at radius 2 is 2.06 bits per heavy atom. The minimum atomic E-state index is -0.742. The molecule has 5 nitrogen and oxygen atoms in total. The molecule has 0 saturated heterocycles. The van der Waals surface area contributed by atoms with E-state index in [9.17, 15) is 9.59 Å². The number of amides is 1. The van der Waals surface area contributed by atoms with Crippen molar-refractivity contribution < 1.29 is 14.3 Å². The number of nitrogens with zero attached hydrogens (tertiary/aromatic N) is 1. The van der Waals surface area contributed by atoms with Crippen LogP contribution in [0.3, 0.4) is 0 Å². The number of ether oxygens (including phenoxy) is 1. The number of esters is 1. The van der Waals surface area contributed by atoms with Crippen LogP contribution in [-0.4, -0.2) is 30.0 Å². The van der Waals surface area contributed by atoms with Gasteiger partial charge in [-0.1, -0.05) is 13.0 Å². The zero-order chi connectivity index (χ0) is 13.5. The Balaban J connectivity index is 2.81. The molecule has 96 valence electrons. The number of pyridine rings is 1. The van der Waals surface area contributed by atoms with Crippen LogP contribution in [0.2, 0.25) is 0 Å². The van der Waals surface area contributed by atoms with E-state index in [1.165, 1.54) is 19.5 Å². The number of rotatable bonds is 5. The summed E-state index contributed by atoms with van der Waals surface area (Å²) in [7, 11) is 1.28. The average molecular weight is 248 g/mol. The molecule has 0 aromatic carbocycles. The Morgan fingerprint density at radius 1 is 1.44 bits per heavy atom. The molecule has 0 radical (unpaired) electrons. The lowest BCUT2D eigenvalue weighted by Crippen LogP contribution is -2.45. The van der Waals surface area contributed by atoms with E-state index in [0.29, 0.717) is 5.56 Å². The molecule has 0 aliphatic rings. The summed E-state index contributed by atoms with van der Waals surface area (Å²) in [4.78, 5) is 27.3. The fraction of sp³-hybridized carbons (Fsp3) is 0.308. The van der Waals surface area contributed by atoms with E-state index < -0.39 is 12.0 Å². The first-order valence-electron chi connectivity index (χ1n) is 5.51. The molecule has 18 heavy (non-hydrogen) atoms. The first-order chi connectivity index (χ1) is 8.60. The molecule has 0 aliphatic heterocycles. The van der Waals surface area contributed by atoms with Crippen LogP contribution < -0.4 is 5.32 Å². The monoisotopic (exact) mass is 248 g/mol. The van der Waals surface area contributed by atoms with Gasteiger partial charge in [0.1, 0.15) is 6.04 Å². The summed E-state index contributed by atoms with van der Waals surface area (Å²) in [5.74, 6) is -1.06. The van der Waals surface area contributed by atoms with E-state index in [2.05, 4.69) is 21.6 Å². The number of hydrogen-bond donors (Lipinski definition) is 1. The van der Waals surface area contributed by atoms with Gasteiger partial charge in [0.05, 0.1) is 7.11 Å². The van der Waals surface area contributed by atoms with Gasteiger partial charge >= 0.3 is 5.97 Å². The summed E-state index contributed by atoms with van der Waals surface area (Å²) < 4.78 is 4.66. The van der Waals surface area contributed by atoms with Crippen molar-refractivity contribution in [3.63, 3.8) is 0 Å². The largest absolute Gasteiger partial charge is 0.467 e. The molecule has 1 rings (SSSR count). The molecule has 0 fully saturated rings. The molecule has 0 spiro atoms. The number of methoxy groups -OCH3 is 1. The van der Waals surface area contributed by atoms with Crippen LogP contribution in [-0.2, 0) is 9.53 Å². The second kappa shape index (κ2) is 6.54. The topological polar surface area (TPSA) is 68.3 Å². The maximum absolute atomic E-state index is 11.9. The second-order valence-electron chi connectivity index (χ2n) is 3.81. The second-order valence-corrected chi connectivity index (χ2v) is 3.81. The average Bonchev–Trinajstić information content (AvgIpc) is 2.43. The van der Waals surface area contributed by atoms with Gasteiger partial charge in [-0.05, 0) is 12.1 Å². The third-order valence-corrected chi connectivity index (χ3v) is 2.58. The summed E-state index contributed by atoms with van der Waals surface area (Å²) in [6.07, 6.45) is 4.62. The number of hydrogen-bond acceptors (Lipinski definition) is 4. The molecule has 0 unspecified atom stereocenters. The van der Waals surface area contributed by atoms with Crippen molar-refractivity contribution in [1.82, 2.24) is 10.3 Å². The predicted molar refractivity (Wildman–Crippen MR) is 66.9 cm³/mol. The van der Waals surface area contributed by atoms with Crippen molar-refractivity contribution in [1.29, 1.82) is 0 Å². The van der Waals surface area contributed by atoms with Crippen LogP contribution in [0.1, 0.15) is 17.3 Å². The third kappa shape index (κ3) is 3.41. The quantitative estimate of drug-likeness (QED) is 0.627. The standard InChI is InChI=1S/C13H16N2O3/c1-4-9(2)11(13(17)18-3)15-12(16)10-5-7-14-8-6-10/h4-9,11H,1H2,2-3H3,(H,15,16)/t9-,11+/m0/s1. The van der Waals surface area contributed by atoms with Gasteiger partial charge in [-0.3, -0.25) is 9.78 Å². The molecular weight excluding hydrogens is 232 g/mol. The summed E-state index contributed by atoms with van der Waals surface area (Å²) in [6, 6.07) is 2.40. The molecule has 0 aliphatic carbocycles. The van der Waals surface area contributed by atoms with Crippen LogP contribution in [0.5, 0.6) is 0 Å². The van der Waals surface area contributed by atoms with Gasteiger partial charge in [0.2, 0.25) is 0 Å². The highest BCUT2D eigenvalue weighted by molar-refractivity contribution is 5.96. The molecule has 1 aromatic rings. The molecule has 1 heterocycles. The minimum Gasteiger partial charge on any atom is -0.467 e. The fourth-order valence-electron chi connectivity index (χ4n) is 1.40. The fourth-order valence-corrected chi connectivity index (χ4v) is 1.40. The molecular formula is C13H16N2O3. The van der Waals surface area contributed by atoms with E-state index in [1.54, 1.807) is 25.1 Å². The van der Waals surface area contributed by atoms with Crippen LogP contribution in [0.25, 0.3) is 0 Å². The molecule has 1 aromatic heterocycles. The third-order valence-electron chi connectivity index (χ3n) is 2.58. The van der Waals surface area contributed by atoms with Gasteiger partial charge < -0.3 is 10.1 Å². The van der Waals surface area contributed by atoms with Gasteiger partial charge in [0.25, 0.3) is 5.91 Å². The Morgan fingerprint density at radius 3 is 2.56 bits per heavy atom. The molecule has 1 N–H and O–H groups in total. The lowest BCUT2D eigenvalue weighted by Gasteiger charge is -2.20. The minimum absolute atomic E-state index is 0.219. The van der Waals surface area contributed by atoms with Crippen molar-refractivity contribution in [2.24, 2.45) is 5.92 Å². The Labute approximate surface area is 106 Å². The maximum atomic E-state index is 11.9. The van der Waals surface area contributed by atoms with Gasteiger partial charge in [-0.15, -0.1) is 6.58 Å². The van der Waals surface area contributed by atoms with E-state index in [1.807, 2.05) is 0 Å². The first kappa shape index (κ1) is 13.9. The van der Waals surface area contributed by atoms with Crippen molar-refractivity contribution >= 4 is 11.9 Å². The van der Waals surface area contributed by atoms with E-state index in [4.69, 9.17) is 0 Å². The smallest absolute Gasteiger partial charge is 0.328 e. The first-order valence-corrected chi connectivity index (χ1v) is 5.51. The number of carbonyl (C=O) groups excluding carboxylic acids is 2. The van der Waals surface area contributed by atoms with Crippen molar-refractivity contribution in [2.45, 2.75) is 13.0 Å². The highest BCUT2D eigenvalue weighted by Gasteiger charge is 2.26. The summed E-state index contributed by atoms with van der Waals surface area (Å²) in [6.45, 7) is 5.39. The maximum Gasteiger partial charge on any atom is 0.328 e. The van der Waals surface area contributed by atoms with Gasteiger partial charge in [0.15, 0.2) is 0 Å². The molecule has 1 amide bonds. The highest BCUT2D eigenvalue weighted by atomic mass is 16.5. The predicted octanol–water partition coefficient (Wildman–Crippen LogP) is 1.18. The molecule has 0 bridgehead atoms. The van der Waals surface area contributed by atoms with E-state index in [0.717, 1.165) is 0 Å². The summed E-state index contributed by atoms with van der Waals surface area (Å²) in [5.41, 5.74) is 0.440. The molecule has 0 saturated carbocycles. The zero-order valence-corrected chi connectivity index (χ0v) is 10.4. The molecule has 5 heteroatoms. The Kier molecular flexibility index (Phi) is 5.05. The highest BCUT2D eigenvalue weighted by Crippen LogP contribution is 2.07. The normalized spacial score (nSPS) is 13.2. The lowest BCUT2D eigenvalue weighted by atomic mass is 10.0. The van der Waals surface area contributed by atoms with E-state index in [-0.39, 0.29) is 11.8 Å². The van der Waals surface area contributed by atoms with Crippen molar-refractivity contribution in [2.75, 3.05) is 7.11 Å². The summed E-state index contributed by atoms with van der Waals surface area (Å²) >= 11 is 0. The van der Waals surface area contributed by atoms with Crippen LogP contribution in [0.4, 0.5) is 0 Å². The van der Waals surface area contributed by atoms with Crippen molar-refractivity contribution in [3.8, 4) is 0 Å². The van der Waals surface area contributed by atoms with Crippen LogP contribution in [0, 0.1) is 5.92 Å². The zero-order valence-electron chi connectivity index (χ0n) is 10.4.